The molecule has 1 amide bonds. The Balaban J connectivity index is 4.22. The first-order valence-corrected chi connectivity index (χ1v) is 5.07. The summed E-state index contributed by atoms with van der Waals surface area (Å²) >= 11 is 0. The van der Waals surface area contributed by atoms with Gasteiger partial charge in [-0.15, -0.1) is 0 Å². The minimum absolute atomic E-state index is 0.0909. The van der Waals surface area contributed by atoms with E-state index in [1.54, 1.807) is 0 Å². The Morgan fingerprint density at radius 1 is 1.25 bits per heavy atom. The molecule has 6 heteroatoms. The van der Waals surface area contributed by atoms with Gasteiger partial charge in [-0.1, -0.05) is 6.92 Å². The average molecular weight is 231 g/mol. The van der Waals surface area contributed by atoms with Crippen molar-refractivity contribution >= 4 is 17.8 Å². The minimum atomic E-state index is -1.03. The third-order valence-electron chi connectivity index (χ3n) is 1.95. The van der Waals surface area contributed by atoms with Crippen molar-refractivity contribution in [2.45, 2.75) is 26.2 Å². The Bertz CT molecular complexity index is 264. The summed E-state index contributed by atoms with van der Waals surface area (Å²) in [5, 5.41) is 8.44. The quantitative estimate of drug-likeness (QED) is 0.635. The number of carbonyl (C=O) groups is 3. The number of amides is 1. The van der Waals surface area contributed by atoms with Crippen LogP contribution in [0.5, 0.6) is 0 Å². The highest BCUT2D eigenvalue weighted by Crippen LogP contribution is 2.00. The van der Waals surface area contributed by atoms with Crippen molar-refractivity contribution in [3.8, 4) is 0 Å². The number of ether oxygens (including phenoxy) is 1. The van der Waals surface area contributed by atoms with Crippen molar-refractivity contribution in [1.29, 1.82) is 0 Å². The fourth-order valence-electron chi connectivity index (χ4n) is 1.15. The molecule has 0 unspecified atom stereocenters. The lowest BCUT2D eigenvalue weighted by molar-refractivity contribution is -0.147. The van der Waals surface area contributed by atoms with Crippen molar-refractivity contribution in [2.24, 2.45) is 0 Å². The number of nitrogens with zero attached hydrogens (tertiary/aromatic N) is 1. The molecule has 1 N–H and O–H groups in total. The lowest BCUT2D eigenvalue weighted by atomic mass is 10.2. The van der Waals surface area contributed by atoms with Crippen molar-refractivity contribution in [3.63, 3.8) is 0 Å². The molecule has 6 nitrogen and oxygen atoms in total. The van der Waals surface area contributed by atoms with Crippen LogP contribution in [0, 0.1) is 0 Å². The van der Waals surface area contributed by atoms with E-state index in [1.807, 2.05) is 6.92 Å². The molecule has 0 aliphatic carbocycles. The molecule has 0 rings (SSSR count). The standard InChI is InChI=1S/C10H17NO5/c1-3-6-11(7-10(15)16-2)8(12)4-5-9(13)14/h3-7H2,1-2H3,(H,13,14). The van der Waals surface area contributed by atoms with Crippen LogP contribution >= 0.6 is 0 Å². The van der Waals surface area contributed by atoms with E-state index in [4.69, 9.17) is 5.11 Å². The van der Waals surface area contributed by atoms with E-state index >= 15 is 0 Å². The van der Waals surface area contributed by atoms with Gasteiger partial charge in [-0.05, 0) is 6.42 Å². The fraction of sp³-hybridized carbons (Fsp3) is 0.700. The molecule has 0 spiro atoms. The summed E-state index contributed by atoms with van der Waals surface area (Å²) in [7, 11) is 1.24. The Labute approximate surface area is 94.2 Å². The molecule has 0 aromatic heterocycles. The second-order valence-corrected chi connectivity index (χ2v) is 3.29. The molecule has 0 saturated heterocycles. The molecule has 0 heterocycles. The molecule has 0 aliphatic rings. The van der Waals surface area contributed by atoms with E-state index < -0.39 is 11.9 Å². The number of hydrogen-bond donors (Lipinski definition) is 1. The van der Waals surface area contributed by atoms with Crippen LogP contribution in [0.4, 0.5) is 0 Å². The molecule has 0 atom stereocenters. The summed E-state index contributed by atoms with van der Waals surface area (Å²) < 4.78 is 4.45. The molecule has 0 radical (unpaired) electrons. The molecule has 0 aliphatic heterocycles. The van der Waals surface area contributed by atoms with E-state index in [-0.39, 0.29) is 25.3 Å². The first-order valence-electron chi connectivity index (χ1n) is 5.07. The van der Waals surface area contributed by atoms with Gasteiger partial charge >= 0.3 is 11.9 Å². The third kappa shape index (κ3) is 6.00. The van der Waals surface area contributed by atoms with Gasteiger partial charge in [0, 0.05) is 13.0 Å². The van der Waals surface area contributed by atoms with Crippen LogP contribution in [-0.2, 0) is 19.1 Å². The Morgan fingerprint density at radius 3 is 2.31 bits per heavy atom. The van der Waals surface area contributed by atoms with Crippen LogP contribution in [-0.4, -0.2) is 48.1 Å². The summed E-state index contributed by atoms with van der Waals surface area (Å²) in [5.74, 6) is -1.87. The zero-order chi connectivity index (χ0) is 12.6. The number of methoxy groups -OCH3 is 1. The van der Waals surface area contributed by atoms with E-state index in [9.17, 15) is 14.4 Å². The van der Waals surface area contributed by atoms with Gasteiger partial charge in [0.2, 0.25) is 5.91 Å². The highest BCUT2D eigenvalue weighted by Gasteiger charge is 2.17. The van der Waals surface area contributed by atoms with Gasteiger partial charge in [0.15, 0.2) is 0 Å². The Kier molecular flexibility index (Phi) is 6.91. The zero-order valence-corrected chi connectivity index (χ0v) is 9.56. The summed E-state index contributed by atoms with van der Waals surface area (Å²) in [4.78, 5) is 34.2. The lowest BCUT2D eigenvalue weighted by Gasteiger charge is -2.20. The minimum Gasteiger partial charge on any atom is -0.481 e. The number of esters is 1. The maximum absolute atomic E-state index is 11.5. The molecule has 0 bridgehead atoms. The van der Waals surface area contributed by atoms with Crippen LogP contribution in [0.3, 0.4) is 0 Å². The molecule has 0 saturated carbocycles. The van der Waals surface area contributed by atoms with Gasteiger partial charge in [0.05, 0.1) is 13.5 Å². The van der Waals surface area contributed by atoms with E-state index in [1.165, 1.54) is 12.0 Å². The number of hydrogen-bond acceptors (Lipinski definition) is 4. The lowest BCUT2D eigenvalue weighted by Crippen LogP contribution is -2.36. The predicted octanol–water partition coefficient (Wildman–Crippen LogP) is 0.263. The van der Waals surface area contributed by atoms with Gasteiger partial charge in [-0.25, -0.2) is 0 Å². The van der Waals surface area contributed by atoms with Gasteiger partial charge < -0.3 is 14.7 Å². The van der Waals surface area contributed by atoms with Crippen molar-refractivity contribution in [1.82, 2.24) is 4.90 Å². The van der Waals surface area contributed by atoms with Crippen LogP contribution < -0.4 is 0 Å². The van der Waals surface area contributed by atoms with E-state index in [0.717, 1.165) is 0 Å². The average Bonchev–Trinajstić information content (AvgIpc) is 2.24. The van der Waals surface area contributed by atoms with Gasteiger partial charge in [-0.3, -0.25) is 14.4 Å². The summed E-state index contributed by atoms with van der Waals surface area (Å²) in [6.07, 6.45) is 0.391. The zero-order valence-electron chi connectivity index (χ0n) is 9.56. The van der Waals surface area contributed by atoms with Gasteiger partial charge in [0.1, 0.15) is 6.54 Å². The molecule has 0 fully saturated rings. The van der Waals surface area contributed by atoms with Crippen LogP contribution in [0.15, 0.2) is 0 Å². The summed E-state index contributed by atoms with van der Waals surface area (Å²) in [6.45, 7) is 2.17. The van der Waals surface area contributed by atoms with E-state index in [0.29, 0.717) is 13.0 Å². The van der Waals surface area contributed by atoms with Gasteiger partial charge in [-0.2, -0.15) is 0 Å². The first kappa shape index (κ1) is 14.4. The molecule has 0 aromatic rings. The number of aliphatic carboxylic acids is 1. The normalized spacial score (nSPS) is 9.62. The topological polar surface area (TPSA) is 83.9 Å². The smallest absolute Gasteiger partial charge is 0.325 e. The summed E-state index contributed by atoms with van der Waals surface area (Å²) in [5.41, 5.74) is 0. The molecular weight excluding hydrogens is 214 g/mol. The van der Waals surface area contributed by atoms with Crippen LogP contribution in [0.2, 0.25) is 0 Å². The first-order chi connectivity index (χ1) is 7.51. The Morgan fingerprint density at radius 2 is 1.88 bits per heavy atom. The molecular formula is C10H17NO5. The highest BCUT2D eigenvalue weighted by atomic mass is 16.5. The van der Waals surface area contributed by atoms with Crippen molar-refractivity contribution in [2.75, 3.05) is 20.2 Å². The maximum Gasteiger partial charge on any atom is 0.325 e. The predicted molar refractivity (Wildman–Crippen MR) is 55.8 cm³/mol. The van der Waals surface area contributed by atoms with Crippen molar-refractivity contribution < 1.29 is 24.2 Å². The number of carboxylic acids is 1. The Hall–Kier alpha value is -1.59. The van der Waals surface area contributed by atoms with E-state index in [2.05, 4.69) is 4.74 Å². The number of carboxylic acid groups (broad SMARTS) is 1. The summed E-state index contributed by atoms with van der Waals surface area (Å²) in [6, 6.07) is 0. The monoisotopic (exact) mass is 231 g/mol. The largest absolute Gasteiger partial charge is 0.481 e. The van der Waals surface area contributed by atoms with Crippen LogP contribution in [0.25, 0.3) is 0 Å². The second kappa shape index (κ2) is 7.67. The number of carbonyl (C=O) groups excluding carboxylic acids is 2. The third-order valence-corrected chi connectivity index (χ3v) is 1.95. The number of rotatable bonds is 7. The fourth-order valence-corrected chi connectivity index (χ4v) is 1.15. The molecule has 16 heavy (non-hydrogen) atoms. The molecule has 0 aromatic carbocycles. The van der Waals surface area contributed by atoms with Crippen LogP contribution in [0.1, 0.15) is 26.2 Å². The SMILES string of the molecule is CCCN(CC(=O)OC)C(=O)CCC(=O)O. The second-order valence-electron chi connectivity index (χ2n) is 3.29. The maximum atomic E-state index is 11.5. The molecule has 92 valence electrons. The van der Waals surface area contributed by atoms with Crippen molar-refractivity contribution in [3.05, 3.63) is 0 Å². The highest BCUT2D eigenvalue weighted by molar-refractivity contribution is 5.84. The van der Waals surface area contributed by atoms with Gasteiger partial charge in [0.25, 0.3) is 0 Å².